The number of nitrogens with two attached hydrogens (primary N) is 1. The molecule has 0 spiro atoms. The number of benzene rings is 1. The predicted octanol–water partition coefficient (Wildman–Crippen LogP) is 2.02. The lowest BCUT2D eigenvalue weighted by Gasteiger charge is -2.08. The number of phenols is 1. The fraction of sp³-hybridized carbons (Fsp3) is 0.154. The van der Waals surface area contributed by atoms with E-state index in [1.54, 1.807) is 30.6 Å². The fourth-order valence-electron chi connectivity index (χ4n) is 1.61. The van der Waals surface area contributed by atoms with Crippen molar-refractivity contribution in [2.24, 2.45) is 0 Å². The number of phenolic OH excluding ortho intramolecular Hbond substituents is 1. The summed E-state index contributed by atoms with van der Waals surface area (Å²) in [5.41, 5.74) is 8.15. The van der Waals surface area contributed by atoms with E-state index < -0.39 is 0 Å². The summed E-state index contributed by atoms with van der Waals surface area (Å²) in [6, 6.07) is 8.93. The smallest absolute Gasteiger partial charge is 0.118 e. The predicted molar refractivity (Wildman–Crippen MR) is 68.9 cm³/mol. The van der Waals surface area contributed by atoms with E-state index in [1.165, 1.54) is 0 Å². The van der Waals surface area contributed by atoms with E-state index in [9.17, 15) is 5.11 Å². The third-order valence-corrected chi connectivity index (χ3v) is 2.49. The van der Waals surface area contributed by atoms with Gasteiger partial charge in [0, 0.05) is 24.6 Å². The fourth-order valence-corrected chi connectivity index (χ4v) is 1.61. The van der Waals surface area contributed by atoms with Crippen LogP contribution in [0.15, 0.2) is 42.7 Å². The molecule has 0 amide bonds. The molecule has 0 saturated heterocycles. The number of aromatic hydroxyl groups is 1. The van der Waals surface area contributed by atoms with Crippen molar-refractivity contribution < 1.29 is 5.11 Å². The highest BCUT2D eigenvalue weighted by Gasteiger charge is 2.01. The van der Waals surface area contributed by atoms with Gasteiger partial charge in [0.1, 0.15) is 5.75 Å². The van der Waals surface area contributed by atoms with Crippen LogP contribution < -0.4 is 11.1 Å². The van der Waals surface area contributed by atoms with E-state index in [-0.39, 0.29) is 5.75 Å². The molecule has 0 unspecified atom stereocenters. The second kappa shape index (κ2) is 5.21. The quantitative estimate of drug-likeness (QED) is 0.554. The van der Waals surface area contributed by atoms with Crippen molar-refractivity contribution in [1.82, 2.24) is 4.98 Å². The third kappa shape index (κ3) is 3.11. The first-order valence-electron chi connectivity index (χ1n) is 5.47. The van der Waals surface area contributed by atoms with Gasteiger partial charge in [0.05, 0.1) is 5.69 Å². The Balaban J connectivity index is 1.92. The minimum atomic E-state index is 0.284. The van der Waals surface area contributed by atoms with Gasteiger partial charge in [-0.1, -0.05) is 0 Å². The molecule has 0 atom stereocenters. The van der Waals surface area contributed by atoms with Crippen molar-refractivity contribution in [3.05, 3.63) is 48.3 Å². The Bertz CT molecular complexity index is 485. The first-order chi connectivity index (χ1) is 8.25. The molecule has 0 saturated carbocycles. The van der Waals surface area contributed by atoms with Crippen molar-refractivity contribution >= 4 is 11.4 Å². The van der Waals surface area contributed by atoms with Crippen molar-refractivity contribution in [2.45, 2.75) is 6.42 Å². The lowest BCUT2D eigenvalue weighted by Crippen LogP contribution is -2.05. The maximum absolute atomic E-state index is 9.64. The van der Waals surface area contributed by atoms with Crippen LogP contribution in [0.5, 0.6) is 5.75 Å². The maximum atomic E-state index is 9.64. The van der Waals surface area contributed by atoms with Crippen molar-refractivity contribution in [2.75, 3.05) is 17.6 Å². The lowest BCUT2D eigenvalue weighted by molar-refractivity contribution is 0.468. The number of nitrogen functional groups attached to an aromatic ring is 1. The zero-order valence-electron chi connectivity index (χ0n) is 9.43. The van der Waals surface area contributed by atoms with Gasteiger partial charge in [0.2, 0.25) is 0 Å². The summed E-state index contributed by atoms with van der Waals surface area (Å²) < 4.78 is 0. The molecule has 0 bridgehead atoms. The van der Waals surface area contributed by atoms with Gasteiger partial charge in [0.15, 0.2) is 0 Å². The molecule has 88 valence electrons. The van der Waals surface area contributed by atoms with Crippen LogP contribution in [0.3, 0.4) is 0 Å². The van der Waals surface area contributed by atoms with E-state index in [0.717, 1.165) is 17.8 Å². The molecule has 1 aromatic heterocycles. The number of hydrogen-bond acceptors (Lipinski definition) is 4. The molecular weight excluding hydrogens is 214 g/mol. The summed E-state index contributed by atoms with van der Waals surface area (Å²) >= 11 is 0. The Morgan fingerprint density at radius 1 is 1.29 bits per heavy atom. The molecule has 1 aromatic carbocycles. The van der Waals surface area contributed by atoms with E-state index in [1.807, 2.05) is 12.1 Å². The molecule has 4 nitrogen and oxygen atoms in total. The third-order valence-electron chi connectivity index (χ3n) is 2.49. The van der Waals surface area contributed by atoms with Gasteiger partial charge >= 0.3 is 0 Å². The van der Waals surface area contributed by atoms with Gasteiger partial charge in [-0.05, 0) is 42.3 Å². The molecule has 17 heavy (non-hydrogen) atoms. The molecule has 0 aliphatic rings. The molecule has 1 heterocycles. The van der Waals surface area contributed by atoms with Crippen LogP contribution in [0.25, 0.3) is 0 Å². The number of pyridine rings is 1. The van der Waals surface area contributed by atoms with Crippen LogP contribution in [-0.2, 0) is 6.42 Å². The van der Waals surface area contributed by atoms with E-state index >= 15 is 0 Å². The molecule has 2 aromatic rings. The monoisotopic (exact) mass is 229 g/mol. The SMILES string of the molecule is Nc1ccc(O)c(CCNc2cccnc2)c1. The second-order valence-electron chi connectivity index (χ2n) is 3.81. The summed E-state index contributed by atoms with van der Waals surface area (Å²) in [4.78, 5) is 4.01. The molecule has 0 fully saturated rings. The summed E-state index contributed by atoms with van der Waals surface area (Å²) in [5, 5.41) is 12.9. The number of anilines is 2. The Morgan fingerprint density at radius 2 is 2.18 bits per heavy atom. The molecule has 2 rings (SSSR count). The zero-order chi connectivity index (χ0) is 12.1. The number of aromatic nitrogens is 1. The number of rotatable bonds is 4. The average molecular weight is 229 g/mol. The molecule has 0 radical (unpaired) electrons. The maximum Gasteiger partial charge on any atom is 0.118 e. The standard InChI is InChI=1S/C13H15N3O/c14-11-3-4-13(17)10(8-11)5-7-16-12-2-1-6-15-9-12/h1-4,6,8-9,16-17H,5,7,14H2. The van der Waals surface area contributed by atoms with Crippen LogP contribution in [0.1, 0.15) is 5.56 Å². The second-order valence-corrected chi connectivity index (χ2v) is 3.81. The molecule has 4 heteroatoms. The highest BCUT2D eigenvalue weighted by atomic mass is 16.3. The first-order valence-corrected chi connectivity index (χ1v) is 5.47. The average Bonchev–Trinajstić information content (AvgIpc) is 2.35. The van der Waals surface area contributed by atoms with E-state index in [0.29, 0.717) is 12.1 Å². The minimum Gasteiger partial charge on any atom is -0.508 e. The van der Waals surface area contributed by atoms with Gasteiger partial charge in [0.25, 0.3) is 0 Å². The summed E-state index contributed by atoms with van der Waals surface area (Å²) in [6.45, 7) is 0.725. The van der Waals surface area contributed by atoms with Crippen molar-refractivity contribution in [3.63, 3.8) is 0 Å². The van der Waals surface area contributed by atoms with E-state index in [2.05, 4.69) is 10.3 Å². The molecule has 4 N–H and O–H groups in total. The van der Waals surface area contributed by atoms with E-state index in [4.69, 9.17) is 5.73 Å². The minimum absolute atomic E-state index is 0.284. The van der Waals surface area contributed by atoms with Crippen LogP contribution in [0.2, 0.25) is 0 Å². The van der Waals surface area contributed by atoms with Gasteiger partial charge in [-0.3, -0.25) is 4.98 Å². The van der Waals surface area contributed by atoms with Crippen molar-refractivity contribution in [3.8, 4) is 5.75 Å². The zero-order valence-corrected chi connectivity index (χ0v) is 9.43. The summed E-state index contributed by atoms with van der Waals surface area (Å²) in [6.07, 6.45) is 4.21. The molecule has 0 aliphatic carbocycles. The van der Waals surface area contributed by atoms with Gasteiger partial charge in [-0.2, -0.15) is 0 Å². The highest BCUT2D eigenvalue weighted by molar-refractivity contribution is 5.48. The van der Waals surface area contributed by atoms with Crippen LogP contribution in [0, 0.1) is 0 Å². The first kappa shape index (κ1) is 11.3. The summed E-state index contributed by atoms with van der Waals surface area (Å²) in [5.74, 6) is 0.284. The van der Waals surface area contributed by atoms with Crippen molar-refractivity contribution in [1.29, 1.82) is 0 Å². The number of nitrogens with zero attached hydrogens (tertiary/aromatic N) is 1. The van der Waals surface area contributed by atoms with Gasteiger partial charge < -0.3 is 16.2 Å². The van der Waals surface area contributed by atoms with Gasteiger partial charge in [-0.15, -0.1) is 0 Å². The Hall–Kier alpha value is -2.23. The summed E-state index contributed by atoms with van der Waals surface area (Å²) in [7, 11) is 0. The van der Waals surface area contributed by atoms with Crippen LogP contribution in [0.4, 0.5) is 11.4 Å². The van der Waals surface area contributed by atoms with Gasteiger partial charge in [-0.25, -0.2) is 0 Å². The Labute approximate surface area is 100 Å². The molecular formula is C13H15N3O. The number of hydrogen-bond donors (Lipinski definition) is 3. The molecule has 0 aliphatic heterocycles. The normalized spacial score (nSPS) is 10.1. The Kier molecular flexibility index (Phi) is 3.45. The van der Waals surface area contributed by atoms with Crippen LogP contribution >= 0.6 is 0 Å². The van der Waals surface area contributed by atoms with Crippen LogP contribution in [-0.4, -0.2) is 16.6 Å². The lowest BCUT2D eigenvalue weighted by atomic mass is 10.1. The highest BCUT2D eigenvalue weighted by Crippen LogP contribution is 2.20. The number of nitrogens with one attached hydrogen (secondary N) is 1. The Morgan fingerprint density at radius 3 is 2.94 bits per heavy atom. The topological polar surface area (TPSA) is 71.2 Å². The largest absolute Gasteiger partial charge is 0.508 e.